The molecule has 1 heterocycles. The van der Waals surface area contributed by atoms with Gasteiger partial charge >= 0.3 is 0 Å². The summed E-state index contributed by atoms with van der Waals surface area (Å²) in [6.07, 6.45) is 0.128. The van der Waals surface area contributed by atoms with Gasteiger partial charge in [-0.2, -0.15) is 0 Å². The van der Waals surface area contributed by atoms with E-state index >= 15 is 0 Å². The molecule has 0 unspecified atom stereocenters. The number of anilines is 2. The van der Waals surface area contributed by atoms with Crippen molar-refractivity contribution in [3.63, 3.8) is 0 Å². The highest BCUT2D eigenvalue weighted by atomic mass is 32.2. The third-order valence-corrected chi connectivity index (χ3v) is 5.44. The molecule has 0 saturated heterocycles. The SMILES string of the molecule is COc1ccc(C)cc1NC(=O)[C@@H]1CN(S(C)(=O)=O)c2cc(C)ccc2O1. The third-order valence-electron chi connectivity index (χ3n) is 4.29. The lowest BCUT2D eigenvalue weighted by atomic mass is 10.1. The summed E-state index contributed by atoms with van der Waals surface area (Å²) in [7, 11) is -2.05. The molecule has 0 radical (unpaired) electrons. The van der Waals surface area contributed by atoms with Gasteiger partial charge in [0.05, 0.1) is 31.3 Å². The van der Waals surface area contributed by atoms with Gasteiger partial charge in [-0.25, -0.2) is 8.42 Å². The fourth-order valence-corrected chi connectivity index (χ4v) is 3.85. The topological polar surface area (TPSA) is 84.9 Å². The molecule has 7 nitrogen and oxygen atoms in total. The van der Waals surface area contributed by atoms with Gasteiger partial charge in [-0.05, 0) is 49.2 Å². The molecule has 3 rings (SSSR count). The Morgan fingerprint density at radius 3 is 2.52 bits per heavy atom. The molecule has 0 fully saturated rings. The van der Waals surface area contributed by atoms with Gasteiger partial charge in [0, 0.05) is 0 Å². The van der Waals surface area contributed by atoms with Crippen LogP contribution < -0.4 is 19.1 Å². The van der Waals surface area contributed by atoms with E-state index in [4.69, 9.17) is 9.47 Å². The molecule has 144 valence electrons. The second kappa shape index (κ2) is 7.11. The van der Waals surface area contributed by atoms with Crippen molar-refractivity contribution in [2.75, 3.05) is 29.5 Å². The lowest BCUT2D eigenvalue weighted by molar-refractivity contribution is -0.122. The van der Waals surface area contributed by atoms with Gasteiger partial charge in [0.1, 0.15) is 11.5 Å². The molecule has 0 spiro atoms. The lowest BCUT2D eigenvalue weighted by Gasteiger charge is -2.34. The van der Waals surface area contributed by atoms with Crippen LogP contribution in [0.2, 0.25) is 0 Å². The van der Waals surface area contributed by atoms with Gasteiger partial charge in [-0.1, -0.05) is 12.1 Å². The molecule has 0 aliphatic carbocycles. The maximum atomic E-state index is 12.8. The first-order valence-electron chi connectivity index (χ1n) is 8.39. The number of fused-ring (bicyclic) bond motifs is 1. The van der Waals surface area contributed by atoms with E-state index in [2.05, 4.69) is 5.32 Å². The molecule has 0 bridgehead atoms. The maximum absolute atomic E-state index is 12.8. The van der Waals surface area contributed by atoms with Gasteiger partial charge in [0.2, 0.25) is 10.0 Å². The molecule has 2 aromatic carbocycles. The summed E-state index contributed by atoms with van der Waals surface area (Å²) >= 11 is 0. The highest BCUT2D eigenvalue weighted by Crippen LogP contribution is 2.36. The van der Waals surface area contributed by atoms with Gasteiger partial charge in [0.25, 0.3) is 5.91 Å². The van der Waals surface area contributed by atoms with Crippen LogP contribution in [0.4, 0.5) is 11.4 Å². The highest BCUT2D eigenvalue weighted by molar-refractivity contribution is 7.92. The average molecular weight is 390 g/mol. The van der Waals surface area contributed by atoms with Gasteiger partial charge in [-0.3, -0.25) is 9.10 Å². The van der Waals surface area contributed by atoms with Crippen LogP contribution in [0.1, 0.15) is 11.1 Å². The van der Waals surface area contributed by atoms with Crippen LogP contribution in [0.3, 0.4) is 0 Å². The summed E-state index contributed by atoms with van der Waals surface area (Å²) in [6.45, 7) is 3.66. The van der Waals surface area contributed by atoms with Gasteiger partial charge in [-0.15, -0.1) is 0 Å². The van der Waals surface area contributed by atoms with Crippen molar-refractivity contribution in [3.8, 4) is 11.5 Å². The van der Waals surface area contributed by atoms with Crippen LogP contribution in [0.15, 0.2) is 36.4 Å². The molecule has 1 atom stereocenters. The van der Waals surface area contributed by atoms with Crippen LogP contribution >= 0.6 is 0 Å². The van der Waals surface area contributed by atoms with Gasteiger partial charge < -0.3 is 14.8 Å². The van der Waals surface area contributed by atoms with Crippen LogP contribution in [-0.2, 0) is 14.8 Å². The fraction of sp³-hybridized carbons (Fsp3) is 0.316. The zero-order chi connectivity index (χ0) is 19.8. The maximum Gasteiger partial charge on any atom is 0.267 e. The second-order valence-corrected chi connectivity index (χ2v) is 8.47. The monoisotopic (exact) mass is 390 g/mol. The smallest absolute Gasteiger partial charge is 0.267 e. The van der Waals surface area contributed by atoms with Crippen molar-refractivity contribution in [1.82, 2.24) is 0 Å². The van der Waals surface area contributed by atoms with Crippen molar-refractivity contribution in [1.29, 1.82) is 0 Å². The predicted octanol–water partition coefficient (Wildman–Crippen LogP) is 2.48. The third kappa shape index (κ3) is 4.00. The number of ether oxygens (including phenoxy) is 2. The van der Waals surface area contributed by atoms with Crippen molar-refractivity contribution in [2.24, 2.45) is 0 Å². The van der Waals surface area contributed by atoms with E-state index in [1.165, 1.54) is 11.4 Å². The minimum atomic E-state index is -3.57. The lowest BCUT2D eigenvalue weighted by Crippen LogP contribution is -2.48. The number of carbonyl (C=O) groups is 1. The number of rotatable bonds is 4. The van der Waals surface area contributed by atoms with Crippen LogP contribution in [0.5, 0.6) is 11.5 Å². The number of methoxy groups -OCH3 is 1. The van der Waals surface area contributed by atoms with Crippen LogP contribution in [0, 0.1) is 13.8 Å². The number of sulfonamides is 1. The Bertz CT molecular complexity index is 988. The molecule has 1 aliphatic rings. The molecule has 0 aromatic heterocycles. The molecular weight excluding hydrogens is 368 g/mol. The predicted molar refractivity (Wildman–Crippen MR) is 104 cm³/mol. The minimum Gasteiger partial charge on any atom is -0.495 e. The van der Waals surface area contributed by atoms with Gasteiger partial charge in [0.15, 0.2) is 6.10 Å². The summed E-state index contributed by atoms with van der Waals surface area (Å²) in [5, 5.41) is 2.78. The van der Waals surface area contributed by atoms with Crippen molar-refractivity contribution in [3.05, 3.63) is 47.5 Å². The van der Waals surface area contributed by atoms with E-state index in [-0.39, 0.29) is 6.54 Å². The summed E-state index contributed by atoms with van der Waals surface area (Å²) in [6, 6.07) is 10.6. The number of nitrogens with one attached hydrogen (secondary N) is 1. The zero-order valence-electron chi connectivity index (χ0n) is 15.6. The highest BCUT2D eigenvalue weighted by Gasteiger charge is 2.35. The van der Waals surface area contributed by atoms with Crippen LogP contribution in [0.25, 0.3) is 0 Å². The first-order chi connectivity index (χ1) is 12.7. The molecule has 1 aliphatic heterocycles. The Kier molecular flexibility index (Phi) is 5.01. The molecule has 1 N–H and O–H groups in total. The molecular formula is C19H22N2O5S. The van der Waals surface area contributed by atoms with E-state index in [9.17, 15) is 13.2 Å². The Hall–Kier alpha value is -2.74. The van der Waals surface area contributed by atoms with E-state index < -0.39 is 22.0 Å². The first kappa shape index (κ1) is 19.0. The van der Waals surface area contributed by atoms with Crippen LogP contribution in [-0.4, -0.2) is 40.3 Å². The molecule has 2 aromatic rings. The summed E-state index contributed by atoms with van der Waals surface area (Å²) < 4.78 is 36.8. The number of aryl methyl sites for hydroxylation is 2. The molecule has 27 heavy (non-hydrogen) atoms. The first-order valence-corrected chi connectivity index (χ1v) is 10.2. The van der Waals surface area contributed by atoms with E-state index in [0.29, 0.717) is 22.9 Å². The van der Waals surface area contributed by atoms with Crippen molar-refractivity contribution in [2.45, 2.75) is 20.0 Å². The normalized spacial score (nSPS) is 16.3. The summed E-state index contributed by atoms with van der Waals surface area (Å²) in [5.41, 5.74) is 2.80. The van der Waals surface area contributed by atoms with Crippen molar-refractivity contribution < 1.29 is 22.7 Å². The number of hydrogen-bond donors (Lipinski definition) is 1. The van der Waals surface area contributed by atoms with Crippen molar-refractivity contribution >= 4 is 27.3 Å². The largest absolute Gasteiger partial charge is 0.495 e. The second-order valence-electron chi connectivity index (χ2n) is 6.56. The quantitative estimate of drug-likeness (QED) is 0.867. The number of hydrogen-bond acceptors (Lipinski definition) is 5. The Balaban J connectivity index is 1.91. The fourth-order valence-electron chi connectivity index (χ4n) is 2.94. The average Bonchev–Trinajstić information content (AvgIpc) is 2.60. The molecule has 8 heteroatoms. The minimum absolute atomic E-state index is 0.102. The van der Waals surface area contributed by atoms with E-state index in [0.717, 1.165) is 17.4 Å². The Labute approximate surface area is 158 Å². The van der Waals surface area contributed by atoms with E-state index in [1.807, 2.05) is 26.0 Å². The zero-order valence-corrected chi connectivity index (χ0v) is 16.5. The summed E-state index contributed by atoms with van der Waals surface area (Å²) in [5.74, 6) is 0.424. The Morgan fingerprint density at radius 2 is 1.85 bits per heavy atom. The number of carbonyl (C=O) groups excluding carboxylic acids is 1. The number of benzene rings is 2. The van der Waals surface area contributed by atoms with E-state index in [1.54, 1.807) is 24.3 Å². The molecule has 1 amide bonds. The number of nitrogens with zero attached hydrogens (tertiary/aromatic N) is 1. The summed E-state index contributed by atoms with van der Waals surface area (Å²) in [4.78, 5) is 12.8. The Morgan fingerprint density at radius 1 is 1.19 bits per heavy atom. The number of amides is 1. The molecule has 0 saturated carbocycles. The standard InChI is InChI=1S/C19H22N2O5S/c1-12-5-7-16(25-3)14(9-12)20-19(22)18-11-21(27(4,23)24)15-10-13(2)6-8-17(15)26-18/h5-10,18H,11H2,1-4H3,(H,20,22)/t18-/m0/s1.